The predicted octanol–water partition coefficient (Wildman–Crippen LogP) is 5.94. The van der Waals surface area contributed by atoms with Crippen molar-refractivity contribution in [2.45, 2.75) is 0 Å². The van der Waals surface area contributed by atoms with Crippen LogP contribution in [-0.2, 0) is 0 Å². The summed E-state index contributed by atoms with van der Waals surface area (Å²) in [4.78, 5) is 43.1. The third-order valence-corrected chi connectivity index (χ3v) is 6.57. The molecule has 0 atom stereocenters. The Balaban J connectivity index is 1.28. The first-order valence-electron chi connectivity index (χ1n) is 12.5. The van der Waals surface area contributed by atoms with Crippen molar-refractivity contribution in [3.63, 3.8) is 0 Å². The predicted molar refractivity (Wildman–Crippen MR) is 153 cm³/mol. The number of nitrogens with zero attached hydrogens (tertiary/aromatic N) is 6. The largest absolute Gasteiger partial charge is 0.338 e. The summed E-state index contributed by atoms with van der Waals surface area (Å²) >= 11 is 0. The van der Waals surface area contributed by atoms with Crippen LogP contribution in [0, 0.1) is 0 Å². The molecule has 0 saturated heterocycles. The lowest BCUT2D eigenvalue weighted by Crippen LogP contribution is -2.11. The van der Waals surface area contributed by atoms with Gasteiger partial charge in [-0.25, -0.2) is 15.0 Å². The number of benzene rings is 1. The lowest BCUT2D eigenvalue weighted by Gasteiger charge is -2.09. The Bertz CT molecular complexity index is 2010. The highest BCUT2D eigenvalue weighted by atomic mass is 16.1. The molecule has 0 spiro atoms. The SMILES string of the molecule is O=C(Nc1cncc(-c2cnc3nccc(-c4nc5c(-c6ccncc6)nccc5[nH]4)c3c2)c1)c1ccccc1. The number of H-pyrrole nitrogens is 1. The van der Waals surface area contributed by atoms with Crippen LogP contribution in [0.15, 0.2) is 110 Å². The zero-order valence-electron chi connectivity index (χ0n) is 21.0. The van der Waals surface area contributed by atoms with Crippen molar-refractivity contribution in [3.8, 4) is 33.8 Å². The molecule has 1 amide bonds. The summed E-state index contributed by atoms with van der Waals surface area (Å²) in [6.45, 7) is 0. The fourth-order valence-corrected chi connectivity index (χ4v) is 4.64. The molecule has 7 rings (SSSR count). The second-order valence-corrected chi connectivity index (χ2v) is 9.11. The second-order valence-electron chi connectivity index (χ2n) is 9.11. The number of rotatable bonds is 5. The normalized spacial score (nSPS) is 11.1. The molecule has 2 N–H and O–H groups in total. The van der Waals surface area contributed by atoms with Gasteiger partial charge in [-0.15, -0.1) is 0 Å². The molecule has 0 unspecified atom stereocenters. The number of imidazole rings is 1. The van der Waals surface area contributed by atoms with E-state index in [1.54, 1.807) is 55.5 Å². The number of aromatic amines is 1. The van der Waals surface area contributed by atoms with Gasteiger partial charge in [0.25, 0.3) is 5.91 Å². The number of aromatic nitrogens is 7. The molecule has 9 heteroatoms. The molecular formula is C31H20N8O. The molecule has 0 fully saturated rings. The van der Waals surface area contributed by atoms with Gasteiger partial charge in [0.2, 0.25) is 0 Å². The van der Waals surface area contributed by atoms with Gasteiger partial charge in [0.1, 0.15) is 11.3 Å². The summed E-state index contributed by atoms with van der Waals surface area (Å²) in [6.07, 6.45) is 12.1. The summed E-state index contributed by atoms with van der Waals surface area (Å²) in [5, 5.41) is 3.75. The quantitative estimate of drug-likeness (QED) is 0.288. The number of pyridine rings is 5. The van der Waals surface area contributed by atoms with Gasteiger partial charge in [-0.05, 0) is 48.5 Å². The number of fused-ring (bicyclic) bond motifs is 2. The molecule has 6 heterocycles. The van der Waals surface area contributed by atoms with Crippen molar-refractivity contribution in [1.82, 2.24) is 34.9 Å². The van der Waals surface area contributed by atoms with Gasteiger partial charge in [-0.1, -0.05) is 18.2 Å². The Kier molecular flexibility index (Phi) is 5.71. The standard InChI is InChI=1S/C31H20N8O/c40-31(20-4-2-1-3-5-20)37-23-14-21(16-33-18-23)22-15-25-24(8-12-35-29(25)36-17-22)30-38-26-9-13-34-27(28(26)39-30)19-6-10-32-11-7-19/h1-18H,(H,37,40)(H,38,39). The zero-order valence-corrected chi connectivity index (χ0v) is 21.0. The van der Waals surface area contributed by atoms with E-state index in [-0.39, 0.29) is 5.91 Å². The van der Waals surface area contributed by atoms with E-state index in [0.717, 1.165) is 44.4 Å². The molecule has 0 aliphatic rings. The molecule has 40 heavy (non-hydrogen) atoms. The van der Waals surface area contributed by atoms with Crippen LogP contribution in [-0.4, -0.2) is 40.8 Å². The molecule has 7 aromatic rings. The molecular weight excluding hydrogens is 500 g/mol. The van der Waals surface area contributed by atoms with Gasteiger partial charge in [0.15, 0.2) is 5.65 Å². The van der Waals surface area contributed by atoms with Gasteiger partial charge in [0, 0.05) is 70.4 Å². The third-order valence-electron chi connectivity index (χ3n) is 6.57. The van der Waals surface area contributed by atoms with E-state index in [9.17, 15) is 4.79 Å². The highest BCUT2D eigenvalue weighted by Gasteiger charge is 2.15. The summed E-state index contributed by atoms with van der Waals surface area (Å²) in [6, 6.07) is 20.6. The van der Waals surface area contributed by atoms with Crippen molar-refractivity contribution >= 4 is 33.7 Å². The fraction of sp³-hybridized carbons (Fsp3) is 0. The first-order valence-corrected chi connectivity index (χ1v) is 12.5. The highest BCUT2D eigenvalue weighted by molar-refractivity contribution is 6.04. The highest BCUT2D eigenvalue weighted by Crippen LogP contribution is 2.32. The number of carbonyl (C=O) groups excluding carboxylic acids is 1. The van der Waals surface area contributed by atoms with Crippen molar-refractivity contribution in [1.29, 1.82) is 0 Å². The summed E-state index contributed by atoms with van der Waals surface area (Å²) in [5.41, 5.74) is 7.61. The molecule has 6 aromatic heterocycles. The number of carbonyl (C=O) groups is 1. The summed E-state index contributed by atoms with van der Waals surface area (Å²) in [7, 11) is 0. The van der Waals surface area contributed by atoms with Crippen LogP contribution in [0.5, 0.6) is 0 Å². The Labute approximate surface area is 228 Å². The van der Waals surface area contributed by atoms with Crippen molar-refractivity contribution in [3.05, 3.63) is 116 Å². The topological polar surface area (TPSA) is 122 Å². The van der Waals surface area contributed by atoms with E-state index in [2.05, 4.69) is 35.2 Å². The number of anilines is 1. The Morgan fingerprint density at radius 1 is 0.725 bits per heavy atom. The van der Waals surface area contributed by atoms with Crippen LogP contribution in [0.4, 0.5) is 5.69 Å². The van der Waals surface area contributed by atoms with Gasteiger partial charge in [0.05, 0.1) is 23.1 Å². The van der Waals surface area contributed by atoms with Gasteiger partial charge in [-0.2, -0.15) is 0 Å². The average molecular weight is 521 g/mol. The number of hydrogen-bond donors (Lipinski definition) is 2. The average Bonchev–Trinajstić information content (AvgIpc) is 3.46. The lowest BCUT2D eigenvalue weighted by atomic mass is 10.1. The van der Waals surface area contributed by atoms with E-state index in [1.165, 1.54) is 0 Å². The first-order chi connectivity index (χ1) is 19.7. The Morgan fingerprint density at radius 2 is 1.55 bits per heavy atom. The fourth-order valence-electron chi connectivity index (χ4n) is 4.64. The molecule has 0 bridgehead atoms. The second kappa shape index (κ2) is 9.80. The molecule has 0 aliphatic carbocycles. The number of amides is 1. The van der Waals surface area contributed by atoms with Crippen LogP contribution < -0.4 is 5.32 Å². The first kappa shape index (κ1) is 23.3. The maximum absolute atomic E-state index is 12.6. The van der Waals surface area contributed by atoms with Gasteiger partial charge in [-0.3, -0.25) is 19.7 Å². The third kappa shape index (κ3) is 4.31. The van der Waals surface area contributed by atoms with Crippen LogP contribution >= 0.6 is 0 Å². The minimum atomic E-state index is -0.201. The molecule has 1 aromatic carbocycles. The summed E-state index contributed by atoms with van der Waals surface area (Å²) in [5.74, 6) is 0.486. The van der Waals surface area contributed by atoms with E-state index in [0.29, 0.717) is 22.7 Å². The molecule has 0 aliphatic heterocycles. The monoisotopic (exact) mass is 520 g/mol. The van der Waals surface area contributed by atoms with E-state index in [1.807, 2.05) is 54.6 Å². The van der Waals surface area contributed by atoms with E-state index in [4.69, 9.17) is 4.98 Å². The van der Waals surface area contributed by atoms with Gasteiger partial charge >= 0.3 is 0 Å². The van der Waals surface area contributed by atoms with Crippen molar-refractivity contribution < 1.29 is 4.79 Å². The lowest BCUT2D eigenvalue weighted by molar-refractivity contribution is 0.102. The smallest absolute Gasteiger partial charge is 0.255 e. The maximum Gasteiger partial charge on any atom is 0.255 e. The van der Waals surface area contributed by atoms with Crippen LogP contribution in [0.25, 0.3) is 55.8 Å². The van der Waals surface area contributed by atoms with Crippen molar-refractivity contribution in [2.24, 2.45) is 0 Å². The number of hydrogen-bond acceptors (Lipinski definition) is 7. The Hall–Kier alpha value is -5.83. The minimum absolute atomic E-state index is 0.201. The van der Waals surface area contributed by atoms with E-state index < -0.39 is 0 Å². The Morgan fingerprint density at radius 3 is 2.42 bits per heavy atom. The zero-order chi connectivity index (χ0) is 26.9. The molecule has 190 valence electrons. The van der Waals surface area contributed by atoms with Crippen LogP contribution in [0.1, 0.15) is 10.4 Å². The minimum Gasteiger partial charge on any atom is -0.338 e. The molecule has 9 nitrogen and oxygen atoms in total. The number of nitrogens with one attached hydrogen (secondary N) is 2. The summed E-state index contributed by atoms with van der Waals surface area (Å²) < 4.78 is 0. The molecule has 0 saturated carbocycles. The van der Waals surface area contributed by atoms with Crippen LogP contribution in [0.3, 0.4) is 0 Å². The van der Waals surface area contributed by atoms with Gasteiger partial charge < -0.3 is 10.3 Å². The van der Waals surface area contributed by atoms with Crippen molar-refractivity contribution in [2.75, 3.05) is 5.32 Å². The van der Waals surface area contributed by atoms with Crippen LogP contribution in [0.2, 0.25) is 0 Å². The van der Waals surface area contributed by atoms with E-state index >= 15 is 0 Å². The molecule has 0 radical (unpaired) electrons. The maximum atomic E-state index is 12.6.